The predicted octanol–water partition coefficient (Wildman–Crippen LogP) is 2.45. The fourth-order valence-electron chi connectivity index (χ4n) is 2.38. The second-order valence-corrected chi connectivity index (χ2v) is 4.57. The lowest BCUT2D eigenvalue weighted by molar-refractivity contribution is 0.384. The predicted molar refractivity (Wildman–Crippen MR) is 68.3 cm³/mol. The quantitative estimate of drug-likeness (QED) is 0.876. The molecule has 1 aliphatic rings. The van der Waals surface area contributed by atoms with Crippen LogP contribution in [-0.4, -0.2) is 19.1 Å². The molecular formula is C14H16N2O. The molecule has 17 heavy (non-hydrogen) atoms. The molecule has 3 heteroatoms. The van der Waals surface area contributed by atoms with E-state index >= 15 is 0 Å². The van der Waals surface area contributed by atoms with Crippen molar-refractivity contribution in [2.75, 3.05) is 14.2 Å². The van der Waals surface area contributed by atoms with Crippen LogP contribution in [0.2, 0.25) is 0 Å². The molecule has 1 fully saturated rings. The Morgan fingerprint density at radius 1 is 1.29 bits per heavy atom. The fourth-order valence-corrected chi connectivity index (χ4v) is 2.38. The Bertz CT molecular complexity index is 561. The first kappa shape index (κ1) is 10.5. The number of hydrogen-bond donors (Lipinski definition) is 1. The highest BCUT2D eigenvalue weighted by Crippen LogP contribution is 2.48. The molecule has 1 heterocycles. The standard InChI is InChI=1S/C14H16N2O/c1-15-14(7-8-14)11-9-10-5-3-4-6-12(10)16-13(11)17-2/h3-6,9,15H,7-8H2,1-2H3. The Labute approximate surface area is 101 Å². The SMILES string of the molecule is CNC1(c2cc3ccccc3nc2OC)CC1. The highest BCUT2D eigenvalue weighted by molar-refractivity contribution is 5.80. The lowest BCUT2D eigenvalue weighted by atomic mass is 10.0. The number of hydrogen-bond acceptors (Lipinski definition) is 3. The van der Waals surface area contributed by atoms with Gasteiger partial charge in [-0.1, -0.05) is 18.2 Å². The third-order valence-corrected chi connectivity index (χ3v) is 3.63. The van der Waals surface area contributed by atoms with Crippen molar-refractivity contribution in [1.29, 1.82) is 0 Å². The number of ether oxygens (including phenoxy) is 1. The summed E-state index contributed by atoms with van der Waals surface area (Å²) in [6.45, 7) is 0. The highest BCUT2D eigenvalue weighted by Gasteiger charge is 2.45. The van der Waals surface area contributed by atoms with Crippen LogP contribution in [0.3, 0.4) is 0 Å². The molecule has 0 amide bonds. The van der Waals surface area contributed by atoms with Crippen LogP contribution >= 0.6 is 0 Å². The minimum absolute atomic E-state index is 0.0857. The van der Waals surface area contributed by atoms with E-state index in [1.807, 2.05) is 25.2 Å². The fraction of sp³-hybridized carbons (Fsp3) is 0.357. The van der Waals surface area contributed by atoms with E-state index in [2.05, 4.69) is 22.4 Å². The maximum absolute atomic E-state index is 5.43. The first-order valence-electron chi connectivity index (χ1n) is 5.92. The number of methoxy groups -OCH3 is 1. The number of benzene rings is 1. The molecule has 1 aliphatic carbocycles. The van der Waals surface area contributed by atoms with Gasteiger partial charge in [-0.15, -0.1) is 0 Å². The van der Waals surface area contributed by atoms with Crippen molar-refractivity contribution < 1.29 is 4.74 Å². The zero-order valence-corrected chi connectivity index (χ0v) is 10.2. The van der Waals surface area contributed by atoms with Gasteiger partial charge < -0.3 is 10.1 Å². The normalized spacial score (nSPS) is 17.1. The van der Waals surface area contributed by atoms with Crippen molar-refractivity contribution in [2.45, 2.75) is 18.4 Å². The van der Waals surface area contributed by atoms with E-state index in [0.717, 1.165) is 24.2 Å². The molecule has 0 aliphatic heterocycles. The van der Waals surface area contributed by atoms with Crippen LogP contribution in [0.5, 0.6) is 5.88 Å². The lowest BCUT2D eigenvalue weighted by Gasteiger charge is -2.18. The maximum atomic E-state index is 5.43. The van der Waals surface area contributed by atoms with Crippen molar-refractivity contribution in [3.8, 4) is 5.88 Å². The first-order chi connectivity index (χ1) is 8.29. The number of fused-ring (bicyclic) bond motifs is 1. The molecule has 0 bridgehead atoms. The maximum Gasteiger partial charge on any atom is 0.218 e. The van der Waals surface area contributed by atoms with Crippen molar-refractivity contribution >= 4 is 10.9 Å². The molecule has 3 nitrogen and oxygen atoms in total. The van der Waals surface area contributed by atoms with Crippen LogP contribution in [0.4, 0.5) is 0 Å². The molecule has 0 atom stereocenters. The molecule has 0 radical (unpaired) electrons. The van der Waals surface area contributed by atoms with Crippen molar-refractivity contribution in [3.63, 3.8) is 0 Å². The second-order valence-electron chi connectivity index (χ2n) is 4.57. The molecule has 1 aromatic carbocycles. The Morgan fingerprint density at radius 2 is 2.06 bits per heavy atom. The van der Waals surface area contributed by atoms with Gasteiger partial charge in [0.1, 0.15) is 0 Å². The summed E-state index contributed by atoms with van der Waals surface area (Å²) in [4.78, 5) is 4.59. The number of nitrogens with zero attached hydrogens (tertiary/aromatic N) is 1. The van der Waals surface area contributed by atoms with E-state index in [4.69, 9.17) is 4.74 Å². The summed E-state index contributed by atoms with van der Waals surface area (Å²) in [6.07, 6.45) is 2.31. The average Bonchev–Trinajstić information content (AvgIpc) is 3.18. The van der Waals surface area contributed by atoms with Crippen LogP contribution in [0, 0.1) is 0 Å². The zero-order valence-electron chi connectivity index (χ0n) is 10.2. The summed E-state index contributed by atoms with van der Waals surface area (Å²) in [6, 6.07) is 10.3. The van der Waals surface area contributed by atoms with Crippen molar-refractivity contribution in [2.24, 2.45) is 0 Å². The van der Waals surface area contributed by atoms with Gasteiger partial charge in [-0.25, -0.2) is 4.98 Å². The molecule has 88 valence electrons. The molecule has 3 rings (SSSR count). The van der Waals surface area contributed by atoms with Crippen molar-refractivity contribution in [1.82, 2.24) is 10.3 Å². The molecule has 1 aromatic heterocycles. The topological polar surface area (TPSA) is 34.2 Å². The summed E-state index contributed by atoms with van der Waals surface area (Å²) in [7, 11) is 3.69. The number of pyridine rings is 1. The van der Waals surface area contributed by atoms with Gasteiger partial charge in [-0.3, -0.25) is 0 Å². The van der Waals surface area contributed by atoms with Gasteiger partial charge in [0, 0.05) is 16.5 Å². The summed E-state index contributed by atoms with van der Waals surface area (Å²) in [5, 5.41) is 4.56. The highest BCUT2D eigenvalue weighted by atomic mass is 16.5. The largest absolute Gasteiger partial charge is 0.481 e. The molecule has 1 N–H and O–H groups in total. The minimum atomic E-state index is 0.0857. The van der Waals surface area contributed by atoms with Crippen molar-refractivity contribution in [3.05, 3.63) is 35.9 Å². The summed E-state index contributed by atoms with van der Waals surface area (Å²) >= 11 is 0. The smallest absolute Gasteiger partial charge is 0.218 e. The van der Waals surface area contributed by atoms with Crippen LogP contribution in [0.25, 0.3) is 10.9 Å². The molecule has 0 unspecified atom stereocenters. The van der Waals surface area contributed by atoms with Gasteiger partial charge in [0.05, 0.1) is 12.6 Å². The molecule has 0 spiro atoms. The van der Waals surface area contributed by atoms with Gasteiger partial charge in [0.2, 0.25) is 5.88 Å². The average molecular weight is 228 g/mol. The lowest BCUT2D eigenvalue weighted by Crippen LogP contribution is -2.25. The Hall–Kier alpha value is -1.61. The zero-order chi connectivity index (χ0) is 11.9. The third-order valence-electron chi connectivity index (χ3n) is 3.63. The number of nitrogens with one attached hydrogen (secondary N) is 1. The summed E-state index contributed by atoms with van der Waals surface area (Å²) < 4.78 is 5.43. The van der Waals surface area contributed by atoms with Gasteiger partial charge in [-0.05, 0) is 32.0 Å². The number of rotatable bonds is 3. The van der Waals surface area contributed by atoms with E-state index in [1.54, 1.807) is 7.11 Å². The van der Waals surface area contributed by atoms with Gasteiger partial charge in [0.25, 0.3) is 0 Å². The molecular weight excluding hydrogens is 212 g/mol. The molecule has 2 aromatic rings. The monoisotopic (exact) mass is 228 g/mol. The van der Waals surface area contributed by atoms with E-state index in [9.17, 15) is 0 Å². The van der Waals surface area contributed by atoms with E-state index in [-0.39, 0.29) is 5.54 Å². The second kappa shape index (κ2) is 3.70. The van der Waals surface area contributed by atoms with Crippen LogP contribution in [0.1, 0.15) is 18.4 Å². The van der Waals surface area contributed by atoms with Crippen LogP contribution < -0.4 is 10.1 Å². The van der Waals surface area contributed by atoms with E-state index < -0.39 is 0 Å². The Kier molecular flexibility index (Phi) is 2.30. The van der Waals surface area contributed by atoms with Gasteiger partial charge >= 0.3 is 0 Å². The third kappa shape index (κ3) is 1.58. The Balaban J connectivity index is 2.22. The molecule has 0 saturated heterocycles. The number of aromatic nitrogens is 1. The first-order valence-corrected chi connectivity index (χ1v) is 5.92. The van der Waals surface area contributed by atoms with E-state index in [0.29, 0.717) is 0 Å². The minimum Gasteiger partial charge on any atom is -0.481 e. The molecule has 1 saturated carbocycles. The van der Waals surface area contributed by atoms with Crippen LogP contribution in [-0.2, 0) is 5.54 Å². The number of para-hydroxylation sites is 1. The van der Waals surface area contributed by atoms with Gasteiger partial charge in [0.15, 0.2) is 0 Å². The Morgan fingerprint density at radius 3 is 2.71 bits per heavy atom. The van der Waals surface area contributed by atoms with Crippen LogP contribution in [0.15, 0.2) is 30.3 Å². The van der Waals surface area contributed by atoms with E-state index in [1.165, 1.54) is 10.9 Å². The van der Waals surface area contributed by atoms with Gasteiger partial charge in [-0.2, -0.15) is 0 Å². The summed E-state index contributed by atoms with van der Waals surface area (Å²) in [5.41, 5.74) is 2.25. The summed E-state index contributed by atoms with van der Waals surface area (Å²) in [5.74, 6) is 0.746.